The van der Waals surface area contributed by atoms with Gasteiger partial charge in [0.15, 0.2) is 0 Å². The van der Waals surface area contributed by atoms with Crippen LogP contribution in [0.4, 0.5) is 5.69 Å². The Labute approximate surface area is 96.1 Å². The highest BCUT2D eigenvalue weighted by atomic mass is 31.2. The molecule has 1 aromatic rings. The van der Waals surface area contributed by atoms with E-state index >= 15 is 0 Å². The van der Waals surface area contributed by atoms with Gasteiger partial charge < -0.3 is 9.79 Å². The summed E-state index contributed by atoms with van der Waals surface area (Å²) in [6.45, 7) is 5.88. The molecular formula is C11H18NO3P. The standard InChI is InChI=1S/C11H18NO3P/c1-4-10-8-6-7-9(3)11(10)12(5-2)16(13,14)15/h6-8H,4-5H2,1-3H3,(H2,13,14,15). The van der Waals surface area contributed by atoms with Gasteiger partial charge in [-0.25, -0.2) is 4.57 Å². The van der Waals surface area contributed by atoms with Crippen LogP contribution in [-0.4, -0.2) is 16.3 Å². The van der Waals surface area contributed by atoms with Crippen molar-refractivity contribution in [1.29, 1.82) is 0 Å². The van der Waals surface area contributed by atoms with E-state index in [0.717, 1.165) is 17.5 Å². The lowest BCUT2D eigenvalue weighted by atomic mass is 10.1. The molecule has 0 aliphatic carbocycles. The van der Waals surface area contributed by atoms with Crippen LogP contribution in [0.5, 0.6) is 0 Å². The molecule has 0 unspecified atom stereocenters. The topological polar surface area (TPSA) is 60.8 Å². The lowest BCUT2D eigenvalue weighted by molar-refractivity contribution is 0.368. The van der Waals surface area contributed by atoms with Crippen LogP contribution in [-0.2, 0) is 11.0 Å². The number of benzene rings is 1. The fourth-order valence-corrected chi connectivity index (χ4v) is 2.76. The molecule has 2 N–H and O–H groups in total. The third-order valence-electron chi connectivity index (χ3n) is 2.57. The van der Waals surface area contributed by atoms with E-state index < -0.39 is 7.75 Å². The summed E-state index contributed by atoms with van der Waals surface area (Å²) in [6.07, 6.45) is 0.757. The second-order valence-electron chi connectivity index (χ2n) is 3.67. The molecule has 0 heterocycles. The molecule has 0 aliphatic heterocycles. The molecule has 1 rings (SSSR count). The summed E-state index contributed by atoms with van der Waals surface area (Å²) in [5.41, 5.74) is 2.52. The van der Waals surface area contributed by atoms with Crippen molar-refractivity contribution in [2.45, 2.75) is 27.2 Å². The Morgan fingerprint density at radius 1 is 1.31 bits per heavy atom. The van der Waals surface area contributed by atoms with E-state index in [2.05, 4.69) is 0 Å². The smallest absolute Gasteiger partial charge is 0.308 e. The van der Waals surface area contributed by atoms with Crippen LogP contribution in [0.15, 0.2) is 18.2 Å². The maximum absolute atomic E-state index is 11.4. The summed E-state index contributed by atoms with van der Waals surface area (Å²) in [5.74, 6) is 0. The van der Waals surface area contributed by atoms with E-state index in [1.54, 1.807) is 6.92 Å². The van der Waals surface area contributed by atoms with Gasteiger partial charge in [0, 0.05) is 6.54 Å². The summed E-state index contributed by atoms with van der Waals surface area (Å²) in [5, 5.41) is 0. The number of nitrogens with zero attached hydrogens (tertiary/aromatic N) is 1. The van der Waals surface area contributed by atoms with Gasteiger partial charge in [0.25, 0.3) is 0 Å². The summed E-state index contributed by atoms with van der Waals surface area (Å²) in [7, 11) is -4.23. The molecule has 0 amide bonds. The largest absolute Gasteiger partial charge is 0.430 e. The second-order valence-corrected chi connectivity index (χ2v) is 5.17. The third kappa shape index (κ3) is 2.64. The molecule has 0 bridgehead atoms. The number of aryl methyl sites for hydroxylation is 2. The molecule has 5 heteroatoms. The van der Waals surface area contributed by atoms with Gasteiger partial charge in [0.2, 0.25) is 0 Å². The Balaban J connectivity index is 3.34. The highest BCUT2D eigenvalue weighted by Crippen LogP contribution is 2.45. The van der Waals surface area contributed by atoms with Gasteiger partial charge in [0.1, 0.15) is 0 Å². The van der Waals surface area contributed by atoms with Gasteiger partial charge in [-0.05, 0) is 31.4 Å². The van der Waals surface area contributed by atoms with Crippen molar-refractivity contribution in [2.75, 3.05) is 11.2 Å². The number of anilines is 1. The highest BCUT2D eigenvalue weighted by molar-refractivity contribution is 7.53. The molecule has 0 radical (unpaired) electrons. The molecule has 4 nitrogen and oxygen atoms in total. The van der Waals surface area contributed by atoms with Crippen LogP contribution in [0.3, 0.4) is 0 Å². The molecule has 0 atom stereocenters. The molecule has 0 saturated heterocycles. The number of hydrogen-bond acceptors (Lipinski definition) is 1. The molecular weight excluding hydrogens is 225 g/mol. The van der Waals surface area contributed by atoms with Gasteiger partial charge in [-0.15, -0.1) is 0 Å². The lowest BCUT2D eigenvalue weighted by Crippen LogP contribution is -2.21. The van der Waals surface area contributed by atoms with Crippen LogP contribution in [0, 0.1) is 6.92 Å². The fourth-order valence-electron chi connectivity index (χ4n) is 1.85. The first-order chi connectivity index (χ1) is 7.41. The van der Waals surface area contributed by atoms with Crippen molar-refractivity contribution in [3.63, 3.8) is 0 Å². The van der Waals surface area contributed by atoms with Crippen molar-refractivity contribution >= 4 is 13.4 Å². The van der Waals surface area contributed by atoms with Gasteiger partial charge in [-0.3, -0.25) is 4.67 Å². The van der Waals surface area contributed by atoms with Gasteiger partial charge in [-0.1, -0.05) is 25.1 Å². The zero-order valence-corrected chi connectivity index (χ0v) is 10.7. The molecule has 0 spiro atoms. The summed E-state index contributed by atoms with van der Waals surface area (Å²) < 4.78 is 12.6. The molecule has 0 aliphatic rings. The Morgan fingerprint density at radius 3 is 2.38 bits per heavy atom. The highest BCUT2D eigenvalue weighted by Gasteiger charge is 2.26. The summed E-state index contributed by atoms with van der Waals surface area (Å²) in [4.78, 5) is 18.6. The zero-order valence-electron chi connectivity index (χ0n) is 9.84. The first-order valence-corrected chi connectivity index (χ1v) is 6.90. The van der Waals surface area contributed by atoms with Crippen LogP contribution < -0.4 is 4.67 Å². The minimum atomic E-state index is -4.23. The molecule has 16 heavy (non-hydrogen) atoms. The van der Waals surface area contributed by atoms with Gasteiger partial charge in [-0.2, -0.15) is 0 Å². The predicted octanol–water partition coefficient (Wildman–Crippen LogP) is 2.48. The van der Waals surface area contributed by atoms with E-state index in [1.807, 2.05) is 32.0 Å². The molecule has 0 fully saturated rings. The Morgan fingerprint density at radius 2 is 1.94 bits per heavy atom. The average molecular weight is 243 g/mol. The van der Waals surface area contributed by atoms with Crippen LogP contribution >= 0.6 is 7.75 Å². The Hall–Kier alpha value is -0.830. The van der Waals surface area contributed by atoms with Crippen molar-refractivity contribution < 1.29 is 14.4 Å². The second kappa shape index (κ2) is 5.00. The van der Waals surface area contributed by atoms with Crippen molar-refractivity contribution in [3.8, 4) is 0 Å². The number of rotatable bonds is 4. The van der Waals surface area contributed by atoms with Gasteiger partial charge in [0.05, 0.1) is 5.69 Å². The molecule has 0 saturated carbocycles. The number of hydrogen-bond donors (Lipinski definition) is 2. The van der Waals surface area contributed by atoms with Crippen LogP contribution in [0.1, 0.15) is 25.0 Å². The SMILES string of the molecule is CCc1cccc(C)c1N(CC)P(=O)(O)O. The minimum absolute atomic E-state index is 0.294. The first-order valence-electron chi connectivity index (χ1n) is 5.33. The van der Waals surface area contributed by atoms with Crippen molar-refractivity contribution in [1.82, 2.24) is 0 Å². The van der Waals surface area contributed by atoms with E-state index in [1.165, 1.54) is 4.67 Å². The van der Waals surface area contributed by atoms with E-state index in [4.69, 9.17) is 0 Å². The third-order valence-corrected chi connectivity index (χ3v) is 3.69. The van der Waals surface area contributed by atoms with Crippen molar-refractivity contribution in [3.05, 3.63) is 29.3 Å². The Bertz CT molecular complexity index is 414. The van der Waals surface area contributed by atoms with Crippen molar-refractivity contribution in [2.24, 2.45) is 0 Å². The monoisotopic (exact) mass is 243 g/mol. The Kier molecular flexibility index (Phi) is 4.14. The average Bonchev–Trinajstić information content (AvgIpc) is 2.19. The van der Waals surface area contributed by atoms with Crippen LogP contribution in [0.2, 0.25) is 0 Å². The number of para-hydroxylation sites is 1. The maximum atomic E-state index is 11.4. The van der Waals surface area contributed by atoms with Gasteiger partial charge >= 0.3 is 7.75 Å². The molecule has 1 aromatic carbocycles. The molecule has 90 valence electrons. The molecule has 0 aromatic heterocycles. The lowest BCUT2D eigenvalue weighted by Gasteiger charge is -2.27. The van der Waals surface area contributed by atoms with Crippen LogP contribution in [0.25, 0.3) is 0 Å². The zero-order chi connectivity index (χ0) is 12.3. The van der Waals surface area contributed by atoms with E-state index in [0.29, 0.717) is 12.2 Å². The first kappa shape index (κ1) is 13.2. The normalized spacial score (nSPS) is 11.6. The quantitative estimate of drug-likeness (QED) is 0.797. The summed E-state index contributed by atoms with van der Waals surface area (Å²) >= 11 is 0. The minimum Gasteiger partial charge on any atom is -0.308 e. The maximum Gasteiger partial charge on any atom is 0.430 e. The summed E-state index contributed by atoms with van der Waals surface area (Å²) in [6, 6.07) is 5.68. The fraction of sp³-hybridized carbons (Fsp3) is 0.455. The van der Waals surface area contributed by atoms with E-state index in [9.17, 15) is 14.4 Å². The van der Waals surface area contributed by atoms with E-state index in [-0.39, 0.29) is 0 Å². The predicted molar refractivity (Wildman–Crippen MR) is 65.6 cm³/mol.